The van der Waals surface area contributed by atoms with Crippen molar-refractivity contribution in [2.45, 2.75) is 6.92 Å². The Kier molecular flexibility index (Phi) is 3.67. The topological polar surface area (TPSA) is 58.9 Å². The van der Waals surface area contributed by atoms with E-state index in [-0.39, 0.29) is 5.75 Å². The number of ether oxygens (including phenoxy) is 1. The zero-order valence-corrected chi connectivity index (χ0v) is 7.80. The molecule has 14 heavy (non-hydrogen) atoms. The Bertz CT molecular complexity index is 330. The Hall–Kier alpha value is -1.84. The number of phenolic OH excluding ortho intramolecular Hbond substituents is 1. The second-order valence-electron chi connectivity index (χ2n) is 2.53. The molecule has 0 heterocycles. The van der Waals surface area contributed by atoms with Gasteiger partial charge in [-0.25, -0.2) is 9.79 Å². The van der Waals surface area contributed by atoms with Crippen molar-refractivity contribution in [2.75, 3.05) is 6.61 Å². The lowest BCUT2D eigenvalue weighted by atomic mass is 10.3. The van der Waals surface area contributed by atoms with Crippen LogP contribution in [-0.4, -0.2) is 23.9 Å². The number of carbonyl (C=O) groups excluding carboxylic acids is 1. The molecule has 1 aromatic carbocycles. The van der Waals surface area contributed by atoms with E-state index in [1.54, 1.807) is 19.1 Å². The van der Waals surface area contributed by atoms with E-state index in [1.807, 2.05) is 0 Å². The molecule has 0 spiro atoms. The van der Waals surface area contributed by atoms with Crippen LogP contribution in [0.1, 0.15) is 6.92 Å². The summed E-state index contributed by atoms with van der Waals surface area (Å²) in [6, 6.07) is 6.20. The molecule has 0 fully saturated rings. The SMILES string of the molecule is CCOC(=O)C=Nc1ccc(O)cc1. The van der Waals surface area contributed by atoms with Crippen LogP contribution in [0.3, 0.4) is 0 Å². The summed E-state index contributed by atoms with van der Waals surface area (Å²) in [7, 11) is 0. The minimum Gasteiger partial charge on any atom is -0.508 e. The first-order valence-electron chi connectivity index (χ1n) is 4.22. The Morgan fingerprint density at radius 3 is 2.71 bits per heavy atom. The molecule has 0 atom stereocenters. The van der Waals surface area contributed by atoms with Gasteiger partial charge < -0.3 is 9.84 Å². The Labute approximate surface area is 81.9 Å². The molecule has 0 bridgehead atoms. The number of benzene rings is 1. The molecule has 0 radical (unpaired) electrons. The minimum atomic E-state index is -0.472. The van der Waals surface area contributed by atoms with Gasteiger partial charge in [-0.15, -0.1) is 0 Å². The highest BCUT2D eigenvalue weighted by Crippen LogP contribution is 2.15. The molecular formula is C10H11NO3. The van der Waals surface area contributed by atoms with Gasteiger partial charge in [-0.1, -0.05) is 0 Å². The Morgan fingerprint density at radius 2 is 2.14 bits per heavy atom. The number of aliphatic imine (C=N–C) groups is 1. The van der Waals surface area contributed by atoms with Crippen molar-refractivity contribution >= 4 is 17.9 Å². The van der Waals surface area contributed by atoms with Crippen molar-refractivity contribution in [2.24, 2.45) is 4.99 Å². The maximum absolute atomic E-state index is 10.9. The third-order valence-electron chi connectivity index (χ3n) is 1.46. The molecule has 0 aliphatic rings. The summed E-state index contributed by atoms with van der Waals surface area (Å²) >= 11 is 0. The molecular weight excluding hydrogens is 182 g/mol. The lowest BCUT2D eigenvalue weighted by molar-refractivity contribution is -0.134. The van der Waals surface area contributed by atoms with Crippen LogP contribution in [0.25, 0.3) is 0 Å². The number of aromatic hydroxyl groups is 1. The van der Waals surface area contributed by atoms with Gasteiger partial charge in [-0.3, -0.25) is 0 Å². The Morgan fingerprint density at radius 1 is 1.50 bits per heavy atom. The van der Waals surface area contributed by atoms with Gasteiger partial charge in [0.15, 0.2) is 0 Å². The van der Waals surface area contributed by atoms with Crippen LogP contribution in [0, 0.1) is 0 Å². The van der Waals surface area contributed by atoms with Crippen molar-refractivity contribution in [3.63, 3.8) is 0 Å². The van der Waals surface area contributed by atoms with Crippen molar-refractivity contribution in [3.05, 3.63) is 24.3 Å². The average Bonchev–Trinajstić information content (AvgIpc) is 2.17. The van der Waals surface area contributed by atoms with E-state index in [4.69, 9.17) is 5.11 Å². The predicted octanol–water partition coefficient (Wildman–Crippen LogP) is 1.66. The largest absolute Gasteiger partial charge is 0.508 e. The first-order chi connectivity index (χ1) is 6.72. The smallest absolute Gasteiger partial charge is 0.349 e. The van der Waals surface area contributed by atoms with Gasteiger partial charge in [-0.2, -0.15) is 0 Å². The maximum Gasteiger partial charge on any atom is 0.349 e. The highest BCUT2D eigenvalue weighted by atomic mass is 16.5. The summed E-state index contributed by atoms with van der Waals surface area (Å²) < 4.78 is 4.65. The van der Waals surface area contributed by atoms with Crippen molar-refractivity contribution in [1.82, 2.24) is 0 Å². The van der Waals surface area contributed by atoms with Gasteiger partial charge in [0.2, 0.25) is 0 Å². The fourth-order valence-corrected chi connectivity index (χ4v) is 0.845. The zero-order chi connectivity index (χ0) is 10.4. The normalized spacial score (nSPS) is 10.4. The van der Waals surface area contributed by atoms with Gasteiger partial charge in [0.25, 0.3) is 0 Å². The van der Waals surface area contributed by atoms with Crippen LogP contribution < -0.4 is 0 Å². The number of hydrogen-bond donors (Lipinski definition) is 1. The van der Waals surface area contributed by atoms with E-state index >= 15 is 0 Å². The van der Waals surface area contributed by atoms with E-state index in [0.29, 0.717) is 12.3 Å². The van der Waals surface area contributed by atoms with E-state index in [1.165, 1.54) is 12.1 Å². The van der Waals surface area contributed by atoms with Crippen LogP contribution >= 0.6 is 0 Å². The number of hydrogen-bond acceptors (Lipinski definition) is 4. The summed E-state index contributed by atoms with van der Waals surface area (Å²) in [6.45, 7) is 2.06. The predicted molar refractivity (Wildman–Crippen MR) is 52.9 cm³/mol. The second kappa shape index (κ2) is 5.01. The summed E-state index contributed by atoms with van der Waals surface area (Å²) in [6.07, 6.45) is 1.11. The van der Waals surface area contributed by atoms with E-state index in [9.17, 15) is 4.79 Å². The van der Waals surface area contributed by atoms with Crippen molar-refractivity contribution in [3.8, 4) is 5.75 Å². The van der Waals surface area contributed by atoms with E-state index in [0.717, 1.165) is 6.21 Å². The third kappa shape index (κ3) is 3.26. The molecule has 4 nitrogen and oxygen atoms in total. The van der Waals surface area contributed by atoms with Crippen LogP contribution in [0.15, 0.2) is 29.3 Å². The van der Waals surface area contributed by atoms with Gasteiger partial charge in [-0.05, 0) is 31.2 Å². The Balaban J connectivity index is 2.60. The molecule has 1 N–H and O–H groups in total. The summed E-state index contributed by atoms with van der Waals surface area (Å²) in [5.74, 6) is -0.305. The quantitative estimate of drug-likeness (QED) is 0.586. The van der Waals surface area contributed by atoms with Gasteiger partial charge >= 0.3 is 5.97 Å². The molecule has 74 valence electrons. The van der Waals surface area contributed by atoms with Crippen LogP contribution in [-0.2, 0) is 9.53 Å². The van der Waals surface area contributed by atoms with E-state index in [2.05, 4.69) is 9.73 Å². The fraction of sp³-hybridized carbons (Fsp3) is 0.200. The lowest BCUT2D eigenvalue weighted by Gasteiger charge is -1.95. The fourth-order valence-electron chi connectivity index (χ4n) is 0.845. The first kappa shape index (κ1) is 10.2. The molecule has 4 heteroatoms. The number of phenols is 1. The third-order valence-corrected chi connectivity index (χ3v) is 1.46. The van der Waals surface area contributed by atoms with Crippen LogP contribution in [0.4, 0.5) is 5.69 Å². The molecule has 0 aromatic heterocycles. The number of rotatable bonds is 3. The molecule has 0 aliphatic heterocycles. The molecule has 0 saturated carbocycles. The summed E-state index contributed by atoms with van der Waals surface area (Å²) in [4.78, 5) is 14.7. The maximum atomic E-state index is 10.9. The average molecular weight is 193 g/mol. The first-order valence-corrected chi connectivity index (χ1v) is 4.22. The van der Waals surface area contributed by atoms with Gasteiger partial charge in [0.1, 0.15) is 12.0 Å². The summed E-state index contributed by atoms with van der Waals surface area (Å²) in [5.41, 5.74) is 0.593. The molecule has 1 aromatic rings. The highest BCUT2D eigenvalue weighted by Gasteiger charge is 1.94. The van der Waals surface area contributed by atoms with E-state index < -0.39 is 5.97 Å². The lowest BCUT2D eigenvalue weighted by Crippen LogP contribution is -2.04. The number of nitrogens with zero attached hydrogens (tertiary/aromatic N) is 1. The molecule has 0 unspecified atom stereocenters. The zero-order valence-electron chi connectivity index (χ0n) is 7.80. The van der Waals surface area contributed by atoms with Crippen molar-refractivity contribution < 1.29 is 14.6 Å². The second-order valence-corrected chi connectivity index (χ2v) is 2.53. The number of carbonyl (C=O) groups is 1. The van der Waals surface area contributed by atoms with Crippen LogP contribution in [0.2, 0.25) is 0 Å². The van der Waals surface area contributed by atoms with Gasteiger partial charge in [0, 0.05) is 0 Å². The monoisotopic (exact) mass is 193 g/mol. The van der Waals surface area contributed by atoms with Gasteiger partial charge in [0.05, 0.1) is 12.3 Å². The van der Waals surface area contributed by atoms with Crippen molar-refractivity contribution in [1.29, 1.82) is 0 Å². The molecule has 1 rings (SSSR count). The highest BCUT2D eigenvalue weighted by molar-refractivity contribution is 6.23. The van der Waals surface area contributed by atoms with Crippen LogP contribution in [0.5, 0.6) is 5.75 Å². The molecule has 0 amide bonds. The number of esters is 1. The summed E-state index contributed by atoms with van der Waals surface area (Å²) in [5, 5.41) is 8.97. The molecule has 0 aliphatic carbocycles. The minimum absolute atomic E-state index is 0.167. The molecule has 0 saturated heterocycles. The standard InChI is InChI=1S/C10H11NO3/c1-2-14-10(13)7-11-8-3-5-9(12)6-4-8/h3-7,12H,2H2,1H3.